The molecule has 0 saturated heterocycles. The number of phenolic OH excluding ortho intramolecular Hbond substituents is 2. The molecule has 0 aromatic heterocycles. The second-order valence-electron chi connectivity index (χ2n) is 3.80. The molecule has 5 nitrogen and oxygen atoms in total. The van der Waals surface area contributed by atoms with Gasteiger partial charge in [-0.1, -0.05) is 0 Å². The zero-order valence-electron chi connectivity index (χ0n) is 9.51. The summed E-state index contributed by atoms with van der Waals surface area (Å²) >= 11 is 0. The Morgan fingerprint density at radius 3 is 2.59 bits per heavy atom. The van der Waals surface area contributed by atoms with Crippen molar-refractivity contribution < 1.29 is 15.0 Å². The van der Waals surface area contributed by atoms with Crippen molar-refractivity contribution in [3.63, 3.8) is 0 Å². The topological polar surface area (TPSA) is 73.1 Å². The number of rotatable bonds is 1. The van der Waals surface area contributed by atoms with Gasteiger partial charge in [0.25, 0.3) is 5.91 Å². The molecule has 1 aromatic rings. The summed E-state index contributed by atoms with van der Waals surface area (Å²) in [7, 11) is 1.64. The van der Waals surface area contributed by atoms with Gasteiger partial charge in [0.1, 0.15) is 23.0 Å². The summed E-state index contributed by atoms with van der Waals surface area (Å²) in [5.74, 6) is 0.279. The van der Waals surface area contributed by atoms with Crippen LogP contribution in [0.3, 0.4) is 0 Å². The van der Waals surface area contributed by atoms with Gasteiger partial charge in [0, 0.05) is 18.7 Å². The third kappa shape index (κ3) is 1.99. The Balaban J connectivity index is 2.41. The minimum atomic E-state index is -0.213. The molecule has 1 aliphatic heterocycles. The van der Waals surface area contributed by atoms with Crippen LogP contribution in [0.15, 0.2) is 28.9 Å². The van der Waals surface area contributed by atoms with E-state index in [0.717, 1.165) is 0 Å². The number of hydrogen-bond donors (Lipinski definition) is 2. The SMILES string of the molecule is CC1=N/C(=C\c2ccc(O)cc2O)C(=O)N1C. The van der Waals surface area contributed by atoms with Crippen LogP contribution in [0.1, 0.15) is 12.5 Å². The van der Waals surface area contributed by atoms with Crippen molar-refractivity contribution in [2.45, 2.75) is 6.92 Å². The number of hydrogen-bond acceptors (Lipinski definition) is 4. The van der Waals surface area contributed by atoms with Gasteiger partial charge >= 0.3 is 0 Å². The second kappa shape index (κ2) is 3.93. The summed E-state index contributed by atoms with van der Waals surface area (Å²) < 4.78 is 0. The van der Waals surface area contributed by atoms with Crippen LogP contribution in [-0.4, -0.2) is 33.9 Å². The van der Waals surface area contributed by atoms with Gasteiger partial charge in [-0.2, -0.15) is 0 Å². The number of amides is 1. The minimum Gasteiger partial charge on any atom is -0.508 e. The number of aromatic hydroxyl groups is 2. The fraction of sp³-hybridized carbons (Fsp3) is 0.167. The highest BCUT2D eigenvalue weighted by molar-refractivity contribution is 6.13. The van der Waals surface area contributed by atoms with E-state index >= 15 is 0 Å². The molecule has 0 bridgehead atoms. The first-order valence-corrected chi connectivity index (χ1v) is 5.06. The van der Waals surface area contributed by atoms with Crippen LogP contribution in [0.25, 0.3) is 6.08 Å². The minimum absolute atomic E-state index is 0.0285. The van der Waals surface area contributed by atoms with Crippen molar-refractivity contribution in [1.82, 2.24) is 4.90 Å². The summed E-state index contributed by atoms with van der Waals surface area (Å²) in [6.07, 6.45) is 1.49. The highest BCUT2D eigenvalue weighted by Gasteiger charge is 2.23. The van der Waals surface area contributed by atoms with Gasteiger partial charge in [0.15, 0.2) is 0 Å². The predicted molar refractivity (Wildman–Crippen MR) is 63.6 cm³/mol. The summed E-state index contributed by atoms with van der Waals surface area (Å²) in [6, 6.07) is 4.17. The van der Waals surface area contributed by atoms with E-state index in [1.54, 1.807) is 14.0 Å². The van der Waals surface area contributed by atoms with Crippen molar-refractivity contribution >= 4 is 17.8 Å². The average Bonchev–Trinajstić information content (AvgIpc) is 2.50. The number of nitrogens with zero attached hydrogens (tertiary/aromatic N) is 2. The van der Waals surface area contributed by atoms with E-state index in [2.05, 4.69) is 4.99 Å². The lowest BCUT2D eigenvalue weighted by atomic mass is 10.1. The summed E-state index contributed by atoms with van der Waals surface area (Å²) in [5, 5.41) is 18.7. The monoisotopic (exact) mass is 232 g/mol. The Morgan fingerprint density at radius 2 is 2.06 bits per heavy atom. The van der Waals surface area contributed by atoms with E-state index in [0.29, 0.717) is 11.4 Å². The highest BCUT2D eigenvalue weighted by Crippen LogP contribution is 2.26. The van der Waals surface area contributed by atoms with E-state index in [9.17, 15) is 9.90 Å². The first-order chi connectivity index (χ1) is 7.99. The second-order valence-corrected chi connectivity index (χ2v) is 3.80. The Morgan fingerprint density at radius 1 is 1.35 bits per heavy atom. The van der Waals surface area contributed by atoms with Gasteiger partial charge < -0.3 is 10.2 Å². The maximum atomic E-state index is 11.7. The number of likely N-dealkylation sites (N-methyl/N-ethyl adjacent to an activating group) is 1. The first-order valence-electron chi connectivity index (χ1n) is 5.06. The van der Waals surface area contributed by atoms with E-state index < -0.39 is 0 Å². The zero-order valence-corrected chi connectivity index (χ0v) is 9.51. The fourth-order valence-corrected chi connectivity index (χ4v) is 1.51. The molecule has 88 valence electrons. The molecular formula is C12H12N2O3. The molecule has 5 heteroatoms. The quantitative estimate of drug-likeness (QED) is 0.717. The van der Waals surface area contributed by atoms with Gasteiger partial charge in [-0.05, 0) is 25.1 Å². The van der Waals surface area contributed by atoms with Gasteiger partial charge in [-0.25, -0.2) is 4.99 Å². The standard InChI is InChI=1S/C12H12N2O3/c1-7-13-10(12(17)14(7)2)5-8-3-4-9(15)6-11(8)16/h3-6,15-16H,1-2H3/b10-5-. The summed E-state index contributed by atoms with van der Waals surface area (Å²) in [5.41, 5.74) is 0.712. The number of benzene rings is 1. The van der Waals surface area contributed by atoms with Crippen LogP contribution in [0.5, 0.6) is 11.5 Å². The van der Waals surface area contributed by atoms with E-state index in [1.165, 1.54) is 29.2 Å². The summed E-state index contributed by atoms with van der Waals surface area (Å²) in [6.45, 7) is 1.73. The maximum absolute atomic E-state index is 11.7. The van der Waals surface area contributed by atoms with Crippen molar-refractivity contribution in [2.24, 2.45) is 4.99 Å². The van der Waals surface area contributed by atoms with Gasteiger partial charge in [0.2, 0.25) is 0 Å². The number of carbonyl (C=O) groups is 1. The molecule has 0 fully saturated rings. The third-order valence-electron chi connectivity index (χ3n) is 2.60. The van der Waals surface area contributed by atoms with E-state index in [-0.39, 0.29) is 23.1 Å². The largest absolute Gasteiger partial charge is 0.508 e. The van der Waals surface area contributed by atoms with Crippen LogP contribution in [0.2, 0.25) is 0 Å². The van der Waals surface area contributed by atoms with Crippen LogP contribution in [0, 0.1) is 0 Å². The van der Waals surface area contributed by atoms with Crippen LogP contribution < -0.4 is 0 Å². The molecule has 1 aromatic carbocycles. The zero-order chi connectivity index (χ0) is 12.6. The van der Waals surface area contributed by atoms with Crippen LogP contribution >= 0.6 is 0 Å². The Kier molecular flexibility index (Phi) is 2.59. The van der Waals surface area contributed by atoms with Crippen LogP contribution in [-0.2, 0) is 4.79 Å². The van der Waals surface area contributed by atoms with Gasteiger partial charge in [0.05, 0.1) is 0 Å². The molecule has 1 aliphatic rings. The molecule has 0 unspecified atom stereocenters. The molecular weight excluding hydrogens is 220 g/mol. The lowest BCUT2D eigenvalue weighted by Crippen LogP contribution is -2.25. The van der Waals surface area contributed by atoms with Crippen molar-refractivity contribution in [2.75, 3.05) is 7.05 Å². The maximum Gasteiger partial charge on any atom is 0.277 e. The van der Waals surface area contributed by atoms with Crippen LogP contribution in [0.4, 0.5) is 0 Å². The Hall–Kier alpha value is -2.30. The molecule has 2 rings (SSSR count). The molecule has 17 heavy (non-hydrogen) atoms. The number of phenols is 2. The molecule has 0 aliphatic carbocycles. The smallest absolute Gasteiger partial charge is 0.277 e. The molecule has 0 spiro atoms. The number of aliphatic imine (C=N–C) groups is 1. The molecule has 1 heterocycles. The lowest BCUT2D eigenvalue weighted by molar-refractivity contribution is -0.121. The number of amidine groups is 1. The highest BCUT2D eigenvalue weighted by atomic mass is 16.3. The van der Waals surface area contributed by atoms with E-state index in [4.69, 9.17) is 5.11 Å². The molecule has 2 N–H and O–H groups in total. The Bertz CT molecular complexity index is 547. The molecule has 0 atom stereocenters. The number of carbonyl (C=O) groups excluding carboxylic acids is 1. The van der Waals surface area contributed by atoms with Gasteiger partial charge in [-0.3, -0.25) is 9.69 Å². The third-order valence-corrected chi connectivity index (χ3v) is 2.60. The summed E-state index contributed by atoms with van der Waals surface area (Å²) in [4.78, 5) is 17.2. The fourth-order valence-electron chi connectivity index (χ4n) is 1.51. The van der Waals surface area contributed by atoms with Crippen molar-refractivity contribution in [1.29, 1.82) is 0 Å². The Labute approximate surface area is 98.3 Å². The normalized spacial score (nSPS) is 17.8. The molecule has 0 saturated carbocycles. The molecule has 0 radical (unpaired) electrons. The van der Waals surface area contributed by atoms with Crippen molar-refractivity contribution in [3.8, 4) is 11.5 Å². The first kappa shape index (κ1) is 11.2. The lowest BCUT2D eigenvalue weighted by Gasteiger charge is -2.06. The molecule has 1 amide bonds. The van der Waals surface area contributed by atoms with Crippen molar-refractivity contribution in [3.05, 3.63) is 29.5 Å². The predicted octanol–water partition coefficient (Wildman–Crippen LogP) is 1.33. The van der Waals surface area contributed by atoms with Gasteiger partial charge in [-0.15, -0.1) is 0 Å². The average molecular weight is 232 g/mol. The van der Waals surface area contributed by atoms with E-state index in [1.807, 2.05) is 0 Å².